The van der Waals surface area contributed by atoms with Crippen LogP contribution in [0.4, 0.5) is 0 Å². The van der Waals surface area contributed by atoms with Crippen LogP contribution in [0.5, 0.6) is 0 Å². The molecule has 0 N–H and O–H groups in total. The van der Waals surface area contributed by atoms with Crippen LogP contribution in [0, 0.1) is 0 Å². The number of hydrogen-bond acceptors (Lipinski definition) is 4. The average molecular weight is 290 g/mol. The molecule has 5 heteroatoms. The summed E-state index contributed by atoms with van der Waals surface area (Å²) in [6, 6.07) is 11.4. The quantitative estimate of drug-likeness (QED) is 0.689. The summed E-state index contributed by atoms with van der Waals surface area (Å²) in [5.41, 5.74) is 3.39. The van der Waals surface area contributed by atoms with Gasteiger partial charge >= 0.3 is 0 Å². The Morgan fingerprint density at radius 2 is 2.00 bits per heavy atom. The molecule has 0 saturated heterocycles. The highest BCUT2D eigenvalue weighted by Gasteiger charge is 2.23. The molecule has 1 aliphatic heterocycles. The summed E-state index contributed by atoms with van der Waals surface area (Å²) >= 11 is 0. The molecule has 3 aromatic rings. The minimum Gasteiger partial charge on any atom is -0.333 e. The number of rotatable bonds is 1. The van der Waals surface area contributed by atoms with Crippen LogP contribution in [0.3, 0.4) is 0 Å². The molecule has 108 valence electrons. The predicted octanol–water partition coefficient (Wildman–Crippen LogP) is 2.22. The second kappa shape index (κ2) is 5.18. The van der Waals surface area contributed by atoms with Gasteiger partial charge in [0, 0.05) is 43.0 Å². The Balaban J connectivity index is 1.66. The predicted molar refractivity (Wildman–Crippen MR) is 82.2 cm³/mol. The first-order chi connectivity index (χ1) is 10.8. The van der Waals surface area contributed by atoms with Crippen LogP contribution in [0.15, 0.2) is 48.8 Å². The molecule has 0 radical (unpaired) electrons. The molecular formula is C17H14N4O. The number of nitrogens with zero attached hydrogens (tertiary/aromatic N) is 4. The van der Waals surface area contributed by atoms with Crippen molar-refractivity contribution in [3.8, 4) is 0 Å². The first-order valence-corrected chi connectivity index (χ1v) is 7.25. The van der Waals surface area contributed by atoms with Gasteiger partial charge in [0.2, 0.25) is 0 Å². The van der Waals surface area contributed by atoms with Crippen molar-refractivity contribution in [3.63, 3.8) is 0 Å². The molecule has 0 unspecified atom stereocenters. The standard InChI is InChI=1S/C17H14N4O/c22-17(15-5-1-2-7-18-15)21-9-6-14-13(11-21)10-12-4-3-8-19-16(12)20-14/h1-5,7-8,10H,6,9,11H2. The lowest BCUT2D eigenvalue weighted by molar-refractivity contribution is 0.0728. The molecular weight excluding hydrogens is 276 g/mol. The van der Waals surface area contributed by atoms with Crippen molar-refractivity contribution in [2.45, 2.75) is 13.0 Å². The first kappa shape index (κ1) is 12.9. The summed E-state index contributed by atoms with van der Waals surface area (Å²) in [5.74, 6) is -0.0301. The van der Waals surface area contributed by atoms with Crippen LogP contribution in [0.1, 0.15) is 21.7 Å². The van der Waals surface area contributed by atoms with Gasteiger partial charge in [-0.3, -0.25) is 9.78 Å². The third kappa shape index (κ3) is 2.20. The molecule has 0 fully saturated rings. The Bertz CT molecular complexity index is 848. The van der Waals surface area contributed by atoms with Gasteiger partial charge in [-0.25, -0.2) is 9.97 Å². The van der Waals surface area contributed by atoms with E-state index in [1.165, 1.54) is 0 Å². The van der Waals surface area contributed by atoms with E-state index in [4.69, 9.17) is 0 Å². The lowest BCUT2D eigenvalue weighted by Crippen LogP contribution is -2.36. The molecule has 1 aliphatic rings. The average Bonchev–Trinajstić information content (AvgIpc) is 2.59. The van der Waals surface area contributed by atoms with Crippen molar-refractivity contribution < 1.29 is 4.79 Å². The number of aromatic nitrogens is 3. The van der Waals surface area contributed by atoms with Gasteiger partial charge in [0.05, 0.1) is 0 Å². The Kier molecular flexibility index (Phi) is 3.04. The fourth-order valence-electron chi connectivity index (χ4n) is 2.79. The molecule has 22 heavy (non-hydrogen) atoms. The normalized spacial score (nSPS) is 13.9. The Labute approximate surface area is 127 Å². The van der Waals surface area contributed by atoms with Gasteiger partial charge in [0.25, 0.3) is 5.91 Å². The van der Waals surface area contributed by atoms with Crippen LogP contribution in [-0.2, 0) is 13.0 Å². The molecule has 5 nitrogen and oxygen atoms in total. The van der Waals surface area contributed by atoms with Gasteiger partial charge in [-0.1, -0.05) is 6.07 Å². The monoisotopic (exact) mass is 290 g/mol. The van der Waals surface area contributed by atoms with E-state index in [1.54, 1.807) is 18.5 Å². The molecule has 4 rings (SSSR count). The number of hydrogen-bond donors (Lipinski definition) is 0. The largest absolute Gasteiger partial charge is 0.333 e. The number of amides is 1. The van der Waals surface area contributed by atoms with Crippen LogP contribution >= 0.6 is 0 Å². The zero-order valence-corrected chi connectivity index (χ0v) is 11.9. The van der Waals surface area contributed by atoms with Crippen molar-refractivity contribution >= 4 is 16.9 Å². The highest BCUT2D eigenvalue weighted by atomic mass is 16.2. The molecule has 0 bridgehead atoms. The van der Waals surface area contributed by atoms with Crippen molar-refractivity contribution in [1.82, 2.24) is 19.9 Å². The van der Waals surface area contributed by atoms with E-state index in [-0.39, 0.29) is 5.91 Å². The van der Waals surface area contributed by atoms with E-state index < -0.39 is 0 Å². The number of carbonyl (C=O) groups excluding carboxylic acids is 1. The zero-order chi connectivity index (χ0) is 14.9. The van der Waals surface area contributed by atoms with E-state index in [1.807, 2.05) is 29.2 Å². The van der Waals surface area contributed by atoms with Crippen LogP contribution < -0.4 is 0 Å². The minimum absolute atomic E-state index is 0.0301. The SMILES string of the molecule is O=C(c1ccccn1)N1CCc2nc3ncccc3cc2C1. The van der Waals surface area contributed by atoms with Gasteiger partial charge in [-0.15, -0.1) is 0 Å². The molecule has 0 atom stereocenters. The molecule has 0 aromatic carbocycles. The minimum atomic E-state index is -0.0301. The summed E-state index contributed by atoms with van der Waals surface area (Å²) in [4.78, 5) is 27.4. The van der Waals surface area contributed by atoms with Crippen LogP contribution in [0.25, 0.3) is 11.0 Å². The van der Waals surface area contributed by atoms with Crippen molar-refractivity contribution in [2.24, 2.45) is 0 Å². The highest BCUT2D eigenvalue weighted by Crippen LogP contribution is 2.22. The summed E-state index contributed by atoms with van der Waals surface area (Å²) in [6.45, 7) is 1.23. The molecule has 1 amide bonds. The summed E-state index contributed by atoms with van der Waals surface area (Å²) in [6.07, 6.45) is 4.15. The van der Waals surface area contributed by atoms with Crippen molar-refractivity contribution in [1.29, 1.82) is 0 Å². The van der Waals surface area contributed by atoms with E-state index in [0.717, 1.165) is 28.7 Å². The van der Waals surface area contributed by atoms with E-state index in [2.05, 4.69) is 21.0 Å². The number of carbonyl (C=O) groups is 1. The molecule has 3 aromatic heterocycles. The number of fused-ring (bicyclic) bond motifs is 2. The van der Waals surface area contributed by atoms with E-state index in [0.29, 0.717) is 18.8 Å². The lowest BCUT2D eigenvalue weighted by Gasteiger charge is -2.28. The molecule has 0 spiro atoms. The van der Waals surface area contributed by atoms with Crippen molar-refractivity contribution in [3.05, 3.63) is 65.7 Å². The first-order valence-electron chi connectivity index (χ1n) is 7.25. The molecule has 4 heterocycles. The molecule has 0 saturated carbocycles. The summed E-state index contributed by atoms with van der Waals surface area (Å²) < 4.78 is 0. The Morgan fingerprint density at radius 3 is 2.86 bits per heavy atom. The van der Waals surface area contributed by atoms with Gasteiger partial charge in [0.1, 0.15) is 5.69 Å². The fraction of sp³-hybridized carbons (Fsp3) is 0.176. The lowest BCUT2D eigenvalue weighted by atomic mass is 10.0. The van der Waals surface area contributed by atoms with E-state index in [9.17, 15) is 4.79 Å². The third-order valence-electron chi connectivity index (χ3n) is 3.91. The second-order valence-electron chi connectivity index (χ2n) is 5.34. The highest BCUT2D eigenvalue weighted by molar-refractivity contribution is 5.92. The maximum Gasteiger partial charge on any atom is 0.272 e. The maximum absolute atomic E-state index is 12.5. The second-order valence-corrected chi connectivity index (χ2v) is 5.34. The third-order valence-corrected chi connectivity index (χ3v) is 3.91. The summed E-state index contributed by atoms with van der Waals surface area (Å²) in [7, 11) is 0. The van der Waals surface area contributed by atoms with Crippen LogP contribution in [-0.4, -0.2) is 32.3 Å². The summed E-state index contributed by atoms with van der Waals surface area (Å²) in [5, 5.41) is 1.01. The van der Waals surface area contributed by atoms with Gasteiger partial charge in [-0.2, -0.15) is 0 Å². The smallest absolute Gasteiger partial charge is 0.272 e. The van der Waals surface area contributed by atoms with E-state index >= 15 is 0 Å². The maximum atomic E-state index is 12.5. The molecule has 0 aliphatic carbocycles. The topological polar surface area (TPSA) is 59.0 Å². The Hall–Kier alpha value is -2.82. The van der Waals surface area contributed by atoms with Crippen LogP contribution in [0.2, 0.25) is 0 Å². The van der Waals surface area contributed by atoms with Gasteiger partial charge < -0.3 is 4.90 Å². The van der Waals surface area contributed by atoms with Gasteiger partial charge in [-0.05, 0) is 35.9 Å². The Morgan fingerprint density at radius 1 is 1.09 bits per heavy atom. The van der Waals surface area contributed by atoms with Crippen molar-refractivity contribution in [2.75, 3.05) is 6.54 Å². The zero-order valence-electron chi connectivity index (χ0n) is 11.9. The fourth-order valence-corrected chi connectivity index (χ4v) is 2.79. The van der Waals surface area contributed by atoms with Gasteiger partial charge in [0.15, 0.2) is 5.65 Å². The number of pyridine rings is 3.